The van der Waals surface area contributed by atoms with Crippen molar-refractivity contribution in [3.05, 3.63) is 29.8 Å². The van der Waals surface area contributed by atoms with E-state index in [0.717, 1.165) is 0 Å². The average molecular weight is 581 g/mol. The molecule has 2 fully saturated rings. The number of sulfonamides is 1. The number of alkyl halides is 2. The number of methoxy groups -OCH3 is 1. The van der Waals surface area contributed by atoms with Gasteiger partial charge in [-0.15, -0.1) is 0 Å². The number of morpholine rings is 1. The fourth-order valence-corrected chi connectivity index (χ4v) is 6.61. The Kier molecular flexibility index (Phi) is 8.44. The molecule has 2 aliphatic heterocycles. The Balaban J connectivity index is 1.53. The molecule has 0 aliphatic carbocycles. The molecule has 0 amide bonds. The second-order valence-electron chi connectivity index (χ2n) is 10.1. The van der Waals surface area contributed by atoms with Crippen molar-refractivity contribution >= 4 is 27.0 Å². The molecule has 218 valence electrons. The Labute approximate surface area is 232 Å². The van der Waals surface area contributed by atoms with Gasteiger partial charge in [-0.3, -0.25) is 4.57 Å². The van der Waals surface area contributed by atoms with E-state index in [2.05, 4.69) is 15.0 Å². The molecule has 0 radical (unpaired) electrons. The summed E-state index contributed by atoms with van der Waals surface area (Å²) in [6.07, 6.45) is -1.87. The molecule has 12 nitrogen and oxygen atoms in total. The molecule has 4 heterocycles. The Hall–Kier alpha value is -3.01. The number of nitrogens with zero attached hydrogens (tertiary/aromatic N) is 8. The molecule has 0 saturated carbocycles. The van der Waals surface area contributed by atoms with Crippen molar-refractivity contribution in [2.75, 3.05) is 77.8 Å². The van der Waals surface area contributed by atoms with Crippen molar-refractivity contribution in [1.29, 1.82) is 0 Å². The maximum absolute atomic E-state index is 14.3. The van der Waals surface area contributed by atoms with Crippen molar-refractivity contribution in [3.8, 4) is 11.7 Å². The van der Waals surface area contributed by atoms with Crippen LogP contribution >= 0.6 is 0 Å². The summed E-state index contributed by atoms with van der Waals surface area (Å²) >= 11 is 0. The van der Waals surface area contributed by atoms with Gasteiger partial charge in [0.1, 0.15) is 17.1 Å². The van der Waals surface area contributed by atoms with E-state index in [4.69, 9.17) is 14.5 Å². The van der Waals surface area contributed by atoms with Gasteiger partial charge in [0.15, 0.2) is 5.82 Å². The molecule has 0 bridgehead atoms. The molecular weight excluding hydrogens is 546 g/mol. The fraction of sp³-hybridized carbons (Fsp3) is 0.600. The number of benzene rings is 1. The fourth-order valence-electron chi connectivity index (χ4n) is 4.99. The SMILES string of the molecule is COc1cccc2c1nc(C(F)F)n2-c1nc(C2CCN(S(=O)(=O)CCN(C)C)CC2)nc(N2CCOCC2)n1. The molecule has 0 N–H and O–H groups in total. The zero-order valence-electron chi connectivity index (χ0n) is 22.8. The number of halogens is 2. The van der Waals surface area contributed by atoms with E-state index in [1.807, 2.05) is 23.9 Å². The minimum absolute atomic E-state index is 0.0404. The van der Waals surface area contributed by atoms with Gasteiger partial charge >= 0.3 is 0 Å². The van der Waals surface area contributed by atoms with Gasteiger partial charge in [-0.25, -0.2) is 26.5 Å². The third-order valence-corrected chi connectivity index (χ3v) is 9.07. The van der Waals surface area contributed by atoms with Gasteiger partial charge in [-0.05, 0) is 39.1 Å². The second-order valence-corrected chi connectivity index (χ2v) is 12.2. The topological polar surface area (TPSA) is 119 Å². The van der Waals surface area contributed by atoms with E-state index < -0.39 is 22.3 Å². The summed E-state index contributed by atoms with van der Waals surface area (Å²) in [6, 6.07) is 5.03. The molecule has 15 heteroatoms. The van der Waals surface area contributed by atoms with Gasteiger partial charge in [0.2, 0.25) is 21.9 Å². The van der Waals surface area contributed by atoms with E-state index in [1.165, 1.54) is 16.0 Å². The normalized spacial score (nSPS) is 17.8. The molecule has 3 aromatic rings. The molecule has 5 rings (SSSR count). The zero-order chi connectivity index (χ0) is 28.4. The van der Waals surface area contributed by atoms with Crippen LogP contribution in [0.4, 0.5) is 14.7 Å². The first kappa shape index (κ1) is 28.5. The highest BCUT2D eigenvalue weighted by Crippen LogP contribution is 2.33. The largest absolute Gasteiger partial charge is 0.494 e. The lowest BCUT2D eigenvalue weighted by Crippen LogP contribution is -2.41. The van der Waals surface area contributed by atoms with Gasteiger partial charge in [-0.1, -0.05) is 6.07 Å². The summed E-state index contributed by atoms with van der Waals surface area (Å²) in [7, 11) is 1.75. The second kappa shape index (κ2) is 11.8. The number of para-hydroxylation sites is 1. The summed E-state index contributed by atoms with van der Waals surface area (Å²) in [6.45, 7) is 3.19. The lowest BCUT2D eigenvalue weighted by atomic mass is 9.97. The molecule has 2 saturated heterocycles. The van der Waals surface area contributed by atoms with Gasteiger partial charge in [0.25, 0.3) is 6.43 Å². The van der Waals surface area contributed by atoms with Crippen LogP contribution < -0.4 is 9.64 Å². The Morgan fingerprint density at radius 1 is 1.05 bits per heavy atom. The van der Waals surface area contributed by atoms with Crippen LogP contribution in [0.15, 0.2) is 18.2 Å². The van der Waals surface area contributed by atoms with Crippen LogP contribution in [-0.2, 0) is 14.8 Å². The molecule has 2 aromatic heterocycles. The first-order chi connectivity index (χ1) is 19.2. The lowest BCUT2D eigenvalue weighted by molar-refractivity contribution is 0.122. The first-order valence-electron chi connectivity index (χ1n) is 13.2. The quantitative estimate of drug-likeness (QED) is 0.372. The molecule has 0 unspecified atom stereocenters. The van der Waals surface area contributed by atoms with Crippen molar-refractivity contribution in [3.63, 3.8) is 0 Å². The van der Waals surface area contributed by atoms with Crippen molar-refractivity contribution in [2.24, 2.45) is 0 Å². The summed E-state index contributed by atoms with van der Waals surface area (Å²) in [5.74, 6) is 0.612. The smallest absolute Gasteiger partial charge is 0.296 e. The summed E-state index contributed by atoms with van der Waals surface area (Å²) < 4.78 is 67.8. The van der Waals surface area contributed by atoms with Crippen LogP contribution in [-0.4, -0.2) is 115 Å². The Bertz CT molecular complexity index is 1440. The summed E-state index contributed by atoms with van der Waals surface area (Å²) in [5.41, 5.74) is 0.674. The van der Waals surface area contributed by atoms with Crippen LogP contribution in [0.2, 0.25) is 0 Å². The molecule has 40 heavy (non-hydrogen) atoms. The number of hydrogen-bond acceptors (Lipinski definition) is 10. The standard InChI is InChI=1S/C25H34F2N8O4S/c1-32(2)13-16-40(36,37)34-9-7-17(8-10-34)22-29-24(33-11-14-39-15-12-33)31-25(30-22)35-18-5-4-6-19(38-3)20(18)28-23(35)21(26)27/h4-6,17,21H,7-16H2,1-3H3. The van der Waals surface area contributed by atoms with Crippen molar-refractivity contribution in [1.82, 2.24) is 33.7 Å². The van der Waals surface area contributed by atoms with E-state index in [-0.39, 0.29) is 23.1 Å². The van der Waals surface area contributed by atoms with Crippen molar-refractivity contribution in [2.45, 2.75) is 25.2 Å². The Morgan fingerprint density at radius 3 is 2.40 bits per heavy atom. The van der Waals surface area contributed by atoms with E-state index in [1.54, 1.807) is 18.2 Å². The van der Waals surface area contributed by atoms with E-state index in [9.17, 15) is 17.2 Å². The maximum atomic E-state index is 14.3. The minimum Gasteiger partial charge on any atom is -0.494 e. The van der Waals surface area contributed by atoms with E-state index >= 15 is 0 Å². The predicted molar refractivity (Wildman–Crippen MR) is 145 cm³/mol. The third-order valence-electron chi connectivity index (χ3n) is 7.22. The molecule has 2 aliphatic rings. The highest BCUT2D eigenvalue weighted by atomic mass is 32.2. The first-order valence-corrected chi connectivity index (χ1v) is 14.8. The van der Waals surface area contributed by atoms with Gasteiger partial charge in [-0.2, -0.15) is 15.0 Å². The maximum Gasteiger partial charge on any atom is 0.296 e. The number of fused-ring (bicyclic) bond motifs is 1. The number of imidazole rings is 1. The molecule has 1 aromatic carbocycles. The average Bonchev–Trinajstić information content (AvgIpc) is 3.37. The van der Waals surface area contributed by atoms with Crippen LogP contribution in [0.25, 0.3) is 17.0 Å². The highest BCUT2D eigenvalue weighted by molar-refractivity contribution is 7.89. The monoisotopic (exact) mass is 580 g/mol. The van der Waals surface area contributed by atoms with Gasteiger partial charge in [0, 0.05) is 38.6 Å². The van der Waals surface area contributed by atoms with E-state index in [0.29, 0.717) is 81.8 Å². The predicted octanol–water partition coefficient (Wildman–Crippen LogP) is 2.06. The lowest BCUT2D eigenvalue weighted by Gasteiger charge is -2.32. The van der Waals surface area contributed by atoms with Crippen LogP contribution in [0.3, 0.4) is 0 Å². The van der Waals surface area contributed by atoms with Gasteiger partial charge < -0.3 is 19.3 Å². The minimum atomic E-state index is -3.39. The van der Waals surface area contributed by atoms with Gasteiger partial charge in [0.05, 0.1) is 31.6 Å². The summed E-state index contributed by atoms with van der Waals surface area (Å²) in [5, 5.41) is 0. The number of anilines is 1. The highest BCUT2D eigenvalue weighted by Gasteiger charge is 2.32. The van der Waals surface area contributed by atoms with Crippen molar-refractivity contribution < 1.29 is 26.7 Å². The summed E-state index contributed by atoms with van der Waals surface area (Å²) in [4.78, 5) is 22.0. The van der Waals surface area contributed by atoms with Crippen LogP contribution in [0.5, 0.6) is 5.75 Å². The number of piperidine rings is 1. The number of rotatable bonds is 9. The van der Waals surface area contributed by atoms with Crippen LogP contribution in [0.1, 0.15) is 36.8 Å². The molecule has 0 atom stereocenters. The number of ether oxygens (including phenoxy) is 2. The number of hydrogen-bond donors (Lipinski definition) is 0. The number of aromatic nitrogens is 5. The zero-order valence-corrected chi connectivity index (χ0v) is 23.6. The molecular formula is C25H34F2N8O4S. The Morgan fingerprint density at radius 2 is 1.75 bits per heavy atom. The molecule has 0 spiro atoms. The van der Waals surface area contributed by atoms with Crippen LogP contribution in [0, 0.1) is 0 Å². The third kappa shape index (κ3) is 5.87.